The molecule has 96 valence electrons. The zero-order chi connectivity index (χ0) is 12.8. The summed E-state index contributed by atoms with van der Waals surface area (Å²) < 4.78 is 18.8. The van der Waals surface area contributed by atoms with E-state index in [9.17, 15) is 9.18 Å². The summed E-state index contributed by atoms with van der Waals surface area (Å²) in [6.45, 7) is -0.733. The molecule has 1 unspecified atom stereocenters. The number of nitrogens with two attached hydrogens (primary N) is 1. The van der Waals surface area contributed by atoms with E-state index >= 15 is 0 Å². The van der Waals surface area contributed by atoms with Gasteiger partial charge in [-0.25, -0.2) is 9.18 Å². The number of aliphatic hydroxyl groups is 2. The third-order valence-corrected chi connectivity index (χ3v) is 2.18. The zero-order valence-electron chi connectivity index (χ0n) is 9.04. The first-order chi connectivity index (χ1) is 8.08. The highest BCUT2D eigenvalue weighted by atomic mass is 19.1. The second-order valence-electron chi connectivity index (χ2n) is 3.34. The van der Waals surface area contributed by atoms with Gasteiger partial charge in [0.2, 0.25) is 0 Å². The highest BCUT2D eigenvalue weighted by molar-refractivity contribution is 5.26. The van der Waals surface area contributed by atoms with E-state index in [0.29, 0.717) is 0 Å². The molecule has 0 aliphatic carbocycles. The van der Waals surface area contributed by atoms with E-state index in [4.69, 9.17) is 20.7 Å². The summed E-state index contributed by atoms with van der Waals surface area (Å²) >= 11 is 0. The van der Waals surface area contributed by atoms with Crippen molar-refractivity contribution in [1.82, 2.24) is 9.55 Å². The van der Waals surface area contributed by atoms with E-state index in [1.165, 1.54) is 0 Å². The summed E-state index contributed by atoms with van der Waals surface area (Å²) in [6.07, 6.45) is 0.563. The van der Waals surface area contributed by atoms with Crippen molar-refractivity contribution in [3.8, 4) is 0 Å². The van der Waals surface area contributed by atoms with Gasteiger partial charge in [-0.15, -0.1) is 0 Å². The van der Waals surface area contributed by atoms with Crippen LogP contribution in [0.4, 0.5) is 10.2 Å². The molecule has 0 aliphatic rings. The number of nitrogen functional groups attached to an aromatic ring is 1. The Bertz CT molecular complexity index is 423. The Morgan fingerprint density at radius 1 is 1.59 bits per heavy atom. The van der Waals surface area contributed by atoms with E-state index in [-0.39, 0.29) is 19.6 Å². The maximum atomic E-state index is 13.0. The van der Waals surface area contributed by atoms with E-state index in [0.717, 1.165) is 10.8 Å². The molecule has 0 bridgehead atoms. The quantitative estimate of drug-likeness (QED) is 0.538. The summed E-state index contributed by atoms with van der Waals surface area (Å²) in [7, 11) is 0. The first kappa shape index (κ1) is 13.6. The fraction of sp³-hybridized carbons (Fsp3) is 0.556. The van der Waals surface area contributed by atoms with E-state index in [2.05, 4.69) is 4.98 Å². The number of rotatable bonds is 6. The fourth-order valence-electron chi connectivity index (χ4n) is 1.25. The zero-order valence-corrected chi connectivity index (χ0v) is 9.04. The molecule has 17 heavy (non-hydrogen) atoms. The van der Waals surface area contributed by atoms with Gasteiger partial charge < -0.3 is 20.7 Å². The Labute approximate surface area is 96.3 Å². The average molecular weight is 247 g/mol. The third-order valence-electron chi connectivity index (χ3n) is 2.18. The van der Waals surface area contributed by atoms with E-state index in [1.807, 2.05) is 0 Å². The van der Waals surface area contributed by atoms with Crippen molar-refractivity contribution in [1.29, 1.82) is 0 Å². The first-order valence-electron chi connectivity index (χ1n) is 4.94. The normalized spacial score (nSPS) is 12.6. The van der Waals surface area contributed by atoms with Crippen molar-refractivity contribution in [2.24, 2.45) is 0 Å². The van der Waals surface area contributed by atoms with Crippen molar-refractivity contribution in [3.63, 3.8) is 0 Å². The van der Waals surface area contributed by atoms with Crippen LogP contribution in [0.15, 0.2) is 11.0 Å². The lowest BCUT2D eigenvalue weighted by Crippen LogP contribution is -2.28. The molecule has 0 amide bonds. The standard InChI is InChI=1S/C9H14FN3O4/c10-7-3-13(9(16)12-8(7)11)2-1-6(4-14)17-5-15/h3,6,14-15H,1-2,4-5H2,(H2,11,12,16). The maximum Gasteiger partial charge on any atom is 0.349 e. The summed E-state index contributed by atoms with van der Waals surface area (Å²) in [4.78, 5) is 14.6. The van der Waals surface area contributed by atoms with E-state index < -0.39 is 30.2 Å². The van der Waals surface area contributed by atoms with Gasteiger partial charge in [-0.05, 0) is 6.42 Å². The van der Waals surface area contributed by atoms with Crippen molar-refractivity contribution in [3.05, 3.63) is 22.5 Å². The minimum atomic E-state index is -0.784. The van der Waals surface area contributed by atoms with Gasteiger partial charge >= 0.3 is 5.69 Å². The molecule has 1 aromatic heterocycles. The molecule has 0 radical (unpaired) electrons. The minimum absolute atomic E-state index is 0.105. The number of hydrogen-bond acceptors (Lipinski definition) is 6. The Morgan fingerprint density at radius 2 is 2.29 bits per heavy atom. The number of halogens is 1. The van der Waals surface area contributed by atoms with Crippen molar-refractivity contribution in [2.75, 3.05) is 19.1 Å². The summed E-state index contributed by atoms with van der Waals surface area (Å²) in [5.41, 5.74) is 4.45. The van der Waals surface area contributed by atoms with Gasteiger partial charge in [0.25, 0.3) is 0 Å². The van der Waals surface area contributed by atoms with Crippen LogP contribution < -0.4 is 11.4 Å². The summed E-state index contributed by atoms with van der Waals surface area (Å²) in [6, 6.07) is 0. The second-order valence-corrected chi connectivity index (χ2v) is 3.34. The highest BCUT2D eigenvalue weighted by Gasteiger charge is 2.10. The number of aromatic nitrogens is 2. The molecule has 0 saturated heterocycles. The van der Waals surface area contributed by atoms with Crippen molar-refractivity contribution < 1.29 is 19.3 Å². The molecule has 0 fully saturated rings. The number of ether oxygens (including phenoxy) is 1. The molecular formula is C9H14FN3O4. The van der Waals surface area contributed by atoms with Gasteiger partial charge in [-0.1, -0.05) is 0 Å². The summed E-state index contributed by atoms with van der Waals surface area (Å²) in [5.74, 6) is -1.23. The van der Waals surface area contributed by atoms with Crippen LogP contribution in [0.25, 0.3) is 0 Å². The van der Waals surface area contributed by atoms with Crippen LogP contribution in [0.1, 0.15) is 6.42 Å². The summed E-state index contributed by atoms with van der Waals surface area (Å²) in [5, 5.41) is 17.4. The molecule has 7 nitrogen and oxygen atoms in total. The van der Waals surface area contributed by atoms with Crippen LogP contribution >= 0.6 is 0 Å². The molecule has 1 rings (SSSR count). The molecule has 4 N–H and O–H groups in total. The monoisotopic (exact) mass is 247 g/mol. The first-order valence-corrected chi connectivity index (χ1v) is 4.94. The Kier molecular flexibility index (Phi) is 5.01. The molecule has 8 heteroatoms. The van der Waals surface area contributed by atoms with Gasteiger partial charge in [-0.3, -0.25) is 4.57 Å². The minimum Gasteiger partial charge on any atom is -0.394 e. The number of anilines is 1. The molecule has 0 saturated carbocycles. The average Bonchev–Trinajstić information content (AvgIpc) is 2.30. The van der Waals surface area contributed by atoms with Crippen LogP contribution in [0.2, 0.25) is 0 Å². The highest BCUT2D eigenvalue weighted by Crippen LogP contribution is 2.03. The van der Waals surface area contributed by atoms with Gasteiger partial charge in [0.15, 0.2) is 11.6 Å². The third kappa shape index (κ3) is 3.77. The number of hydrogen-bond donors (Lipinski definition) is 3. The van der Waals surface area contributed by atoms with Gasteiger partial charge in [0.1, 0.15) is 6.79 Å². The Balaban J connectivity index is 2.69. The fourth-order valence-corrected chi connectivity index (χ4v) is 1.25. The topological polar surface area (TPSA) is 111 Å². The molecule has 0 aliphatic heterocycles. The Hall–Kier alpha value is -1.51. The van der Waals surface area contributed by atoms with Crippen LogP contribution in [0.3, 0.4) is 0 Å². The van der Waals surface area contributed by atoms with Gasteiger partial charge in [0, 0.05) is 12.7 Å². The number of aliphatic hydroxyl groups excluding tert-OH is 2. The molecule has 0 spiro atoms. The van der Waals surface area contributed by atoms with Crippen molar-refractivity contribution in [2.45, 2.75) is 19.1 Å². The molecule has 1 aromatic rings. The SMILES string of the molecule is Nc1nc(=O)n(CCC(CO)OCO)cc1F. The smallest absolute Gasteiger partial charge is 0.349 e. The predicted octanol–water partition coefficient (Wildman–Crippen LogP) is -1.32. The van der Waals surface area contributed by atoms with Gasteiger partial charge in [0.05, 0.1) is 12.7 Å². The molecule has 0 aromatic carbocycles. The lowest BCUT2D eigenvalue weighted by molar-refractivity contribution is -0.0728. The lowest BCUT2D eigenvalue weighted by Gasteiger charge is -2.14. The predicted molar refractivity (Wildman–Crippen MR) is 56.5 cm³/mol. The lowest BCUT2D eigenvalue weighted by atomic mass is 10.2. The molecular weight excluding hydrogens is 233 g/mol. The largest absolute Gasteiger partial charge is 0.394 e. The number of nitrogens with zero attached hydrogens (tertiary/aromatic N) is 2. The van der Waals surface area contributed by atoms with E-state index in [1.54, 1.807) is 0 Å². The van der Waals surface area contributed by atoms with Crippen LogP contribution in [0, 0.1) is 5.82 Å². The number of aryl methyl sites for hydroxylation is 1. The van der Waals surface area contributed by atoms with Crippen LogP contribution in [0.5, 0.6) is 0 Å². The molecule has 1 atom stereocenters. The molecule has 1 heterocycles. The van der Waals surface area contributed by atoms with Gasteiger partial charge in [-0.2, -0.15) is 4.98 Å². The van der Waals surface area contributed by atoms with Crippen LogP contribution in [-0.2, 0) is 11.3 Å². The van der Waals surface area contributed by atoms with Crippen LogP contribution in [-0.4, -0.2) is 39.3 Å². The second kappa shape index (κ2) is 6.28. The Morgan fingerprint density at radius 3 is 2.88 bits per heavy atom. The maximum absolute atomic E-state index is 13.0. The van der Waals surface area contributed by atoms with Crippen molar-refractivity contribution >= 4 is 5.82 Å².